The molecule has 2 N–H and O–H groups in total. The van der Waals surface area contributed by atoms with Crippen LogP contribution in [0.3, 0.4) is 0 Å². The van der Waals surface area contributed by atoms with Gasteiger partial charge in [0, 0.05) is 0 Å². The number of carboxylic acid groups (broad SMARTS) is 1. The van der Waals surface area contributed by atoms with Crippen molar-refractivity contribution in [1.29, 1.82) is 0 Å². The lowest BCUT2D eigenvalue weighted by Gasteiger charge is -2.11. The van der Waals surface area contributed by atoms with Gasteiger partial charge < -0.3 is 10.4 Å². The lowest BCUT2D eigenvalue weighted by molar-refractivity contribution is -0.139. The van der Waals surface area contributed by atoms with Crippen LogP contribution < -0.4 is 5.32 Å². The molecule has 0 radical (unpaired) electrons. The molecule has 1 atom stereocenters. The number of aliphatic carboxylic acids is 1. The van der Waals surface area contributed by atoms with Crippen LogP contribution in [0.4, 0.5) is 0 Å². The van der Waals surface area contributed by atoms with Gasteiger partial charge in [0.25, 0.3) is 0 Å². The number of rotatable bonds is 7. The summed E-state index contributed by atoms with van der Waals surface area (Å²) in [7, 11) is 0. The molecule has 3 nitrogen and oxygen atoms in total. The van der Waals surface area contributed by atoms with Crippen molar-refractivity contribution in [2.45, 2.75) is 39.2 Å². The molecule has 0 aromatic rings. The Morgan fingerprint density at radius 3 is 2.77 bits per heavy atom. The maximum Gasteiger partial charge on any atom is 0.320 e. The smallest absolute Gasteiger partial charge is 0.320 e. The molecule has 76 valence electrons. The van der Waals surface area contributed by atoms with E-state index in [4.69, 9.17) is 5.11 Å². The summed E-state index contributed by atoms with van der Waals surface area (Å²) >= 11 is 0. The average molecular weight is 185 g/mol. The number of hydrogen-bond donors (Lipinski definition) is 2. The van der Waals surface area contributed by atoms with Gasteiger partial charge in [0.05, 0.1) is 0 Å². The molecule has 0 fully saturated rings. The Morgan fingerprint density at radius 2 is 2.31 bits per heavy atom. The van der Waals surface area contributed by atoms with Gasteiger partial charge in [-0.3, -0.25) is 4.79 Å². The first-order chi connectivity index (χ1) is 6.22. The van der Waals surface area contributed by atoms with E-state index in [1.165, 1.54) is 0 Å². The number of carbonyl (C=O) groups is 1. The lowest BCUT2D eigenvalue weighted by Crippen LogP contribution is -2.36. The molecule has 0 saturated heterocycles. The minimum Gasteiger partial charge on any atom is -0.480 e. The topological polar surface area (TPSA) is 49.3 Å². The van der Waals surface area contributed by atoms with E-state index in [0.717, 1.165) is 19.4 Å². The SMILES string of the molecule is C/C=C/CCNC(CCC)C(=O)O. The summed E-state index contributed by atoms with van der Waals surface area (Å²) in [6, 6.07) is -0.379. The molecule has 0 saturated carbocycles. The second-order valence-corrected chi connectivity index (χ2v) is 2.99. The fraction of sp³-hybridized carbons (Fsp3) is 0.700. The Balaban J connectivity index is 3.63. The van der Waals surface area contributed by atoms with Crippen LogP contribution in [0.5, 0.6) is 0 Å². The van der Waals surface area contributed by atoms with Crippen molar-refractivity contribution in [1.82, 2.24) is 5.32 Å². The fourth-order valence-corrected chi connectivity index (χ4v) is 1.11. The van der Waals surface area contributed by atoms with E-state index in [1.54, 1.807) is 0 Å². The third-order valence-electron chi connectivity index (χ3n) is 1.81. The second-order valence-electron chi connectivity index (χ2n) is 2.99. The van der Waals surface area contributed by atoms with Crippen molar-refractivity contribution in [3.05, 3.63) is 12.2 Å². The summed E-state index contributed by atoms with van der Waals surface area (Å²) in [5.74, 6) is -0.748. The number of nitrogens with one attached hydrogen (secondary N) is 1. The Kier molecular flexibility index (Phi) is 7.30. The van der Waals surface area contributed by atoms with Crippen LogP contribution in [0.2, 0.25) is 0 Å². The van der Waals surface area contributed by atoms with Gasteiger partial charge in [0.1, 0.15) is 6.04 Å². The maximum atomic E-state index is 10.7. The second kappa shape index (κ2) is 7.80. The molecule has 0 aromatic heterocycles. The minimum atomic E-state index is -0.748. The van der Waals surface area contributed by atoms with Gasteiger partial charge in [-0.05, 0) is 26.3 Å². The van der Waals surface area contributed by atoms with Gasteiger partial charge in [-0.15, -0.1) is 0 Å². The van der Waals surface area contributed by atoms with Crippen molar-refractivity contribution >= 4 is 5.97 Å². The van der Waals surface area contributed by atoms with Crippen molar-refractivity contribution in [3.63, 3.8) is 0 Å². The first kappa shape index (κ1) is 12.2. The van der Waals surface area contributed by atoms with Crippen LogP contribution in [-0.4, -0.2) is 23.7 Å². The highest BCUT2D eigenvalue weighted by molar-refractivity contribution is 5.73. The van der Waals surface area contributed by atoms with E-state index >= 15 is 0 Å². The first-order valence-electron chi connectivity index (χ1n) is 4.79. The highest BCUT2D eigenvalue weighted by Crippen LogP contribution is 1.96. The Bertz CT molecular complexity index is 166. The van der Waals surface area contributed by atoms with Gasteiger partial charge in [-0.25, -0.2) is 0 Å². The van der Waals surface area contributed by atoms with Crippen molar-refractivity contribution in [2.75, 3.05) is 6.54 Å². The standard InChI is InChI=1S/C10H19NO2/c1-3-5-6-8-11-9(7-4-2)10(12)13/h3,5,9,11H,4,6-8H2,1-2H3,(H,12,13)/b5-3+. The molecule has 0 heterocycles. The number of carboxylic acids is 1. The first-order valence-corrected chi connectivity index (χ1v) is 4.79. The zero-order valence-corrected chi connectivity index (χ0v) is 8.42. The number of allylic oxidation sites excluding steroid dienone is 1. The molecular formula is C10H19NO2. The average Bonchev–Trinajstić information content (AvgIpc) is 2.10. The predicted octanol–water partition coefficient (Wildman–Crippen LogP) is 1.80. The summed E-state index contributed by atoms with van der Waals surface area (Å²) in [6.07, 6.45) is 6.48. The largest absolute Gasteiger partial charge is 0.480 e. The molecule has 0 aliphatic heterocycles. The van der Waals surface area contributed by atoms with Crippen molar-refractivity contribution in [2.24, 2.45) is 0 Å². The van der Waals surface area contributed by atoms with E-state index in [9.17, 15) is 4.79 Å². The molecular weight excluding hydrogens is 166 g/mol. The predicted molar refractivity (Wildman–Crippen MR) is 53.8 cm³/mol. The van der Waals surface area contributed by atoms with Gasteiger partial charge in [-0.1, -0.05) is 25.5 Å². The Labute approximate surface area is 79.8 Å². The van der Waals surface area contributed by atoms with E-state index in [-0.39, 0.29) is 6.04 Å². The Hall–Kier alpha value is -0.830. The normalized spacial score (nSPS) is 13.4. The van der Waals surface area contributed by atoms with E-state index in [0.29, 0.717) is 6.42 Å². The van der Waals surface area contributed by atoms with Crippen LogP contribution in [-0.2, 0) is 4.79 Å². The van der Waals surface area contributed by atoms with Gasteiger partial charge in [0.15, 0.2) is 0 Å². The molecule has 0 aliphatic carbocycles. The van der Waals surface area contributed by atoms with E-state index in [2.05, 4.69) is 5.32 Å². The molecule has 0 amide bonds. The third-order valence-corrected chi connectivity index (χ3v) is 1.81. The monoisotopic (exact) mass is 185 g/mol. The molecule has 0 spiro atoms. The van der Waals surface area contributed by atoms with Crippen LogP contribution in [0.25, 0.3) is 0 Å². The van der Waals surface area contributed by atoms with Crippen molar-refractivity contribution < 1.29 is 9.90 Å². The van der Waals surface area contributed by atoms with Gasteiger partial charge in [0.2, 0.25) is 0 Å². The summed E-state index contributed by atoms with van der Waals surface area (Å²) in [4.78, 5) is 10.7. The number of hydrogen-bond acceptors (Lipinski definition) is 2. The van der Waals surface area contributed by atoms with Crippen LogP contribution in [0.15, 0.2) is 12.2 Å². The lowest BCUT2D eigenvalue weighted by atomic mass is 10.1. The molecule has 0 bridgehead atoms. The minimum absolute atomic E-state index is 0.379. The van der Waals surface area contributed by atoms with Crippen LogP contribution in [0, 0.1) is 0 Å². The summed E-state index contributed by atoms with van der Waals surface area (Å²) in [5, 5.41) is 11.8. The highest BCUT2D eigenvalue weighted by atomic mass is 16.4. The zero-order valence-electron chi connectivity index (χ0n) is 8.42. The van der Waals surface area contributed by atoms with Gasteiger partial charge in [-0.2, -0.15) is 0 Å². The third kappa shape index (κ3) is 6.34. The van der Waals surface area contributed by atoms with E-state index < -0.39 is 5.97 Å². The molecule has 0 aromatic carbocycles. The van der Waals surface area contributed by atoms with Gasteiger partial charge >= 0.3 is 5.97 Å². The highest BCUT2D eigenvalue weighted by Gasteiger charge is 2.13. The summed E-state index contributed by atoms with van der Waals surface area (Å²) in [5.41, 5.74) is 0. The van der Waals surface area contributed by atoms with Crippen LogP contribution >= 0.6 is 0 Å². The zero-order chi connectivity index (χ0) is 10.1. The molecule has 13 heavy (non-hydrogen) atoms. The van der Waals surface area contributed by atoms with Crippen LogP contribution in [0.1, 0.15) is 33.1 Å². The molecule has 1 unspecified atom stereocenters. The maximum absolute atomic E-state index is 10.7. The summed E-state index contributed by atoms with van der Waals surface area (Å²) < 4.78 is 0. The molecule has 3 heteroatoms. The molecule has 0 rings (SSSR count). The Morgan fingerprint density at radius 1 is 1.62 bits per heavy atom. The van der Waals surface area contributed by atoms with E-state index in [1.807, 2.05) is 26.0 Å². The fourth-order valence-electron chi connectivity index (χ4n) is 1.11. The van der Waals surface area contributed by atoms with Crippen molar-refractivity contribution in [3.8, 4) is 0 Å². The summed E-state index contributed by atoms with van der Waals surface area (Å²) in [6.45, 7) is 4.69. The molecule has 0 aliphatic rings. The quantitative estimate of drug-likeness (QED) is 0.469.